The third-order valence-corrected chi connectivity index (χ3v) is 10.7. The molecule has 7 atom stereocenters. The highest BCUT2D eigenvalue weighted by atomic mass is 32.2. The molecule has 1 aliphatic heterocycles. The molecule has 29 heavy (non-hydrogen) atoms. The largest absolute Gasteiger partial charge is 0.458 e. The number of carbonyl (C=O) groups excluding carboxylic acids is 3. The van der Waals surface area contributed by atoms with E-state index in [0.29, 0.717) is 30.6 Å². The van der Waals surface area contributed by atoms with E-state index in [-0.39, 0.29) is 38.5 Å². The summed E-state index contributed by atoms with van der Waals surface area (Å²) in [6.45, 7) is 6.42. The summed E-state index contributed by atoms with van der Waals surface area (Å²) in [5, 5.41) is 0.409. The van der Waals surface area contributed by atoms with Crippen molar-refractivity contribution < 1.29 is 19.1 Å². The van der Waals surface area contributed by atoms with Gasteiger partial charge >= 0.3 is 5.97 Å². The van der Waals surface area contributed by atoms with Gasteiger partial charge in [-0.3, -0.25) is 14.4 Å². The minimum absolute atomic E-state index is 0.0119. The van der Waals surface area contributed by atoms with Crippen LogP contribution >= 0.6 is 11.8 Å². The van der Waals surface area contributed by atoms with E-state index in [1.165, 1.54) is 17.3 Å². The zero-order chi connectivity index (χ0) is 20.6. The van der Waals surface area contributed by atoms with Gasteiger partial charge in [0, 0.05) is 30.4 Å². The van der Waals surface area contributed by atoms with Gasteiger partial charge in [0.25, 0.3) is 0 Å². The van der Waals surface area contributed by atoms with Crippen LogP contribution in [0.25, 0.3) is 0 Å². The first-order valence-corrected chi connectivity index (χ1v) is 12.2. The summed E-state index contributed by atoms with van der Waals surface area (Å²) in [5.74, 6) is 1.67. The van der Waals surface area contributed by atoms with Gasteiger partial charge < -0.3 is 4.74 Å². The van der Waals surface area contributed by atoms with Crippen molar-refractivity contribution in [3.05, 3.63) is 11.6 Å². The van der Waals surface area contributed by atoms with Crippen LogP contribution in [0.1, 0.15) is 78.6 Å². The number of ether oxygens (including phenoxy) is 1. The normalized spacial score (nSPS) is 48.6. The maximum atomic E-state index is 12.2. The molecule has 5 aliphatic rings. The van der Waals surface area contributed by atoms with Gasteiger partial charge in [0.2, 0.25) is 0 Å². The second-order valence-electron chi connectivity index (χ2n) is 10.7. The maximum Gasteiger partial charge on any atom is 0.306 e. The summed E-state index contributed by atoms with van der Waals surface area (Å²) >= 11 is 1.50. The molecule has 4 fully saturated rings. The van der Waals surface area contributed by atoms with Crippen LogP contribution in [-0.4, -0.2) is 27.7 Å². The third kappa shape index (κ3) is 2.68. The Bertz CT molecular complexity index is 818. The molecule has 0 N–H and O–H groups in total. The first-order valence-electron chi connectivity index (χ1n) is 11.3. The molecule has 0 aromatic rings. The van der Waals surface area contributed by atoms with E-state index in [2.05, 4.69) is 13.8 Å². The Morgan fingerprint density at radius 2 is 1.83 bits per heavy atom. The molecule has 2 unspecified atom stereocenters. The molecule has 0 aromatic carbocycles. The van der Waals surface area contributed by atoms with E-state index >= 15 is 0 Å². The van der Waals surface area contributed by atoms with Gasteiger partial charge in [0.1, 0.15) is 5.60 Å². The Balaban J connectivity index is 1.56. The van der Waals surface area contributed by atoms with Crippen molar-refractivity contribution in [2.75, 3.05) is 0 Å². The Hall–Kier alpha value is -1.10. The average molecular weight is 417 g/mol. The van der Waals surface area contributed by atoms with Gasteiger partial charge in [0.05, 0.1) is 0 Å². The minimum atomic E-state index is -0.287. The molecule has 4 aliphatic carbocycles. The zero-order valence-electron chi connectivity index (χ0n) is 17.8. The molecule has 3 saturated carbocycles. The number of esters is 1. The lowest BCUT2D eigenvalue weighted by Gasteiger charge is -2.61. The van der Waals surface area contributed by atoms with Gasteiger partial charge in [-0.25, -0.2) is 0 Å². The summed E-state index contributed by atoms with van der Waals surface area (Å²) in [6, 6.07) is 0. The maximum absolute atomic E-state index is 12.2. The lowest BCUT2D eigenvalue weighted by molar-refractivity contribution is -0.167. The molecule has 1 spiro atoms. The van der Waals surface area contributed by atoms with E-state index in [4.69, 9.17) is 4.74 Å². The number of hydrogen-bond donors (Lipinski definition) is 0. The third-order valence-electron chi connectivity index (χ3n) is 9.61. The van der Waals surface area contributed by atoms with E-state index in [9.17, 15) is 14.4 Å². The van der Waals surface area contributed by atoms with Crippen LogP contribution in [0, 0.1) is 28.6 Å². The number of hydrogen-bond acceptors (Lipinski definition) is 5. The molecule has 158 valence electrons. The summed E-state index contributed by atoms with van der Waals surface area (Å²) in [6.07, 6.45) is 10.0. The summed E-state index contributed by atoms with van der Waals surface area (Å²) < 4.78 is 6.06. The Labute approximate surface area is 177 Å². The van der Waals surface area contributed by atoms with Crippen LogP contribution in [-0.2, 0) is 19.1 Å². The zero-order valence-corrected chi connectivity index (χ0v) is 18.6. The van der Waals surface area contributed by atoms with E-state index in [1.54, 1.807) is 6.92 Å². The SMILES string of the molecule is CC(=O)SC1CC2=CC(=O)CC[C@]2(C)[C@H]2CC[C@@]3(C)[C@@H](CC[C@@]34CCC(=O)O4)C12. The second-order valence-corrected chi connectivity index (χ2v) is 12.1. The van der Waals surface area contributed by atoms with Gasteiger partial charge in [-0.2, -0.15) is 0 Å². The molecule has 0 bridgehead atoms. The summed E-state index contributed by atoms with van der Waals surface area (Å²) in [4.78, 5) is 36.4. The minimum Gasteiger partial charge on any atom is -0.458 e. The predicted octanol–water partition coefficient (Wildman–Crippen LogP) is 4.85. The fourth-order valence-corrected chi connectivity index (χ4v) is 9.36. The van der Waals surface area contributed by atoms with Crippen LogP contribution in [0.4, 0.5) is 0 Å². The van der Waals surface area contributed by atoms with E-state index in [0.717, 1.165) is 44.9 Å². The lowest BCUT2D eigenvalue weighted by atomic mass is 9.46. The number of allylic oxidation sites excluding steroid dienone is 1. The van der Waals surface area contributed by atoms with E-state index < -0.39 is 0 Å². The molecular weight excluding hydrogens is 384 g/mol. The first kappa shape index (κ1) is 19.8. The highest BCUT2D eigenvalue weighted by Gasteiger charge is 2.68. The molecule has 1 heterocycles. The highest BCUT2D eigenvalue weighted by Crippen LogP contribution is 2.70. The van der Waals surface area contributed by atoms with Gasteiger partial charge in [0.15, 0.2) is 10.9 Å². The highest BCUT2D eigenvalue weighted by molar-refractivity contribution is 8.14. The van der Waals surface area contributed by atoms with Crippen molar-refractivity contribution in [1.82, 2.24) is 0 Å². The van der Waals surface area contributed by atoms with Crippen molar-refractivity contribution in [1.29, 1.82) is 0 Å². The Morgan fingerprint density at radius 3 is 2.52 bits per heavy atom. The fourth-order valence-electron chi connectivity index (χ4n) is 8.13. The number of rotatable bonds is 1. The molecule has 0 radical (unpaired) electrons. The number of fused-ring (bicyclic) bond motifs is 6. The standard InChI is InChI=1S/C24H32O4S/c1-14(25)29-19-13-15-12-16(26)4-8-22(15,2)17-5-9-23(3)18(21(17)19)6-10-24(23)11-7-20(27)28-24/h12,17-19,21H,4-11,13H2,1-3H3/t17-,18-,19?,21?,22-,23-,24+/m0/s1. The van der Waals surface area contributed by atoms with Gasteiger partial charge in [-0.05, 0) is 74.2 Å². The number of carbonyl (C=O) groups is 3. The van der Waals surface area contributed by atoms with Gasteiger partial charge in [-0.15, -0.1) is 0 Å². The Kier molecular flexibility index (Phi) is 4.41. The average Bonchev–Trinajstić information content (AvgIpc) is 3.17. The molecule has 0 aromatic heterocycles. The van der Waals surface area contributed by atoms with Crippen LogP contribution in [0.15, 0.2) is 11.6 Å². The second kappa shape index (κ2) is 6.45. The van der Waals surface area contributed by atoms with Crippen LogP contribution in [0.2, 0.25) is 0 Å². The first-order chi connectivity index (χ1) is 13.7. The van der Waals surface area contributed by atoms with Crippen LogP contribution < -0.4 is 0 Å². The Morgan fingerprint density at radius 1 is 1.07 bits per heavy atom. The lowest BCUT2D eigenvalue weighted by Crippen LogP contribution is -2.57. The molecular formula is C24H32O4S. The van der Waals surface area contributed by atoms with Crippen molar-refractivity contribution >= 4 is 28.6 Å². The van der Waals surface area contributed by atoms with E-state index in [1.807, 2.05) is 6.08 Å². The number of ketones is 1. The quantitative estimate of drug-likeness (QED) is 0.572. The van der Waals surface area contributed by atoms with Crippen molar-refractivity contribution in [3.63, 3.8) is 0 Å². The molecule has 5 heteroatoms. The van der Waals surface area contributed by atoms with Gasteiger partial charge in [-0.1, -0.05) is 31.2 Å². The predicted molar refractivity (Wildman–Crippen MR) is 112 cm³/mol. The van der Waals surface area contributed by atoms with Crippen molar-refractivity contribution in [2.24, 2.45) is 28.6 Å². The molecule has 5 rings (SSSR count). The monoisotopic (exact) mass is 416 g/mol. The topological polar surface area (TPSA) is 60.4 Å². The van der Waals surface area contributed by atoms with Crippen LogP contribution in [0.5, 0.6) is 0 Å². The smallest absolute Gasteiger partial charge is 0.306 e. The van der Waals surface area contributed by atoms with Crippen molar-refractivity contribution in [3.8, 4) is 0 Å². The fraction of sp³-hybridized carbons (Fsp3) is 0.792. The molecule has 1 saturated heterocycles. The summed E-state index contributed by atoms with van der Waals surface area (Å²) in [5.41, 5.74) is 1.09. The summed E-state index contributed by atoms with van der Waals surface area (Å²) in [7, 11) is 0. The molecule has 4 nitrogen and oxygen atoms in total. The van der Waals surface area contributed by atoms with Crippen molar-refractivity contribution in [2.45, 2.75) is 89.4 Å². The van der Waals surface area contributed by atoms with Crippen LogP contribution in [0.3, 0.4) is 0 Å². The molecule has 0 amide bonds. The number of thioether (sulfide) groups is 1.